The number of hydrogen-bond donors (Lipinski definition) is 1. The Bertz CT molecular complexity index is 507. The maximum Gasteiger partial charge on any atom is 0.241 e. The molecule has 1 heterocycles. The Morgan fingerprint density at radius 1 is 1.35 bits per heavy atom. The molecule has 0 saturated carbocycles. The van der Waals surface area contributed by atoms with Crippen molar-refractivity contribution >= 4 is 5.91 Å². The van der Waals surface area contributed by atoms with E-state index in [4.69, 9.17) is 0 Å². The maximum atomic E-state index is 14.0. The Kier molecular flexibility index (Phi) is 4.38. The van der Waals surface area contributed by atoms with Crippen LogP contribution < -0.4 is 5.32 Å². The number of rotatable bonds is 4. The molecule has 0 aromatic heterocycles. The van der Waals surface area contributed by atoms with Gasteiger partial charge < -0.3 is 4.90 Å². The number of nitrogens with zero attached hydrogens (tertiary/aromatic N) is 1. The predicted octanol–water partition coefficient (Wildman–Crippen LogP) is 2.97. The molecule has 0 bridgehead atoms. The summed E-state index contributed by atoms with van der Waals surface area (Å²) >= 11 is 0. The molecule has 1 N–H and O–H groups in total. The van der Waals surface area contributed by atoms with Crippen LogP contribution in [-0.4, -0.2) is 22.9 Å². The van der Waals surface area contributed by atoms with Gasteiger partial charge in [0.05, 0.1) is 6.04 Å². The first-order chi connectivity index (χ1) is 9.49. The Labute approximate surface area is 118 Å². The number of hydrogen-bond acceptors (Lipinski definition) is 2. The van der Waals surface area contributed by atoms with Gasteiger partial charge in [-0.05, 0) is 31.9 Å². The predicted molar refractivity (Wildman–Crippen MR) is 72.9 cm³/mol. The minimum absolute atomic E-state index is 0.000929. The summed E-state index contributed by atoms with van der Waals surface area (Å²) in [5, 5.41) is 3.15. The van der Waals surface area contributed by atoms with E-state index < -0.39 is 17.8 Å². The Morgan fingerprint density at radius 3 is 2.60 bits per heavy atom. The largest absolute Gasteiger partial charge is 0.319 e. The number of amides is 1. The smallest absolute Gasteiger partial charge is 0.241 e. The van der Waals surface area contributed by atoms with E-state index in [0.717, 1.165) is 12.5 Å². The number of carbonyl (C=O) groups is 1. The van der Waals surface area contributed by atoms with Crippen molar-refractivity contribution in [1.29, 1.82) is 0 Å². The molecule has 1 aromatic carbocycles. The van der Waals surface area contributed by atoms with E-state index in [9.17, 15) is 13.6 Å². The molecule has 110 valence electrons. The zero-order chi connectivity index (χ0) is 14.9. The summed E-state index contributed by atoms with van der Waals surface area (Å²) in [6.07, 6.45) is 0.900. The lowest BCUT2D eigenvalue weighted by molar-refractivity contribution is -0.132. The van der Waals surface area contributed by atoms with E-state index >= 15 is 0 Å². The lowest BCUT2D eigenvalue weighted by Gasteiger charge is -2.30. The average molecular weight is 282 g/mol. The molecule has 3 atom stereocenters. The molecule has 5 heteroatoms. The highest BCUT2D eigenvalue weighted by Gasteiger charge is 2.41. The summed E-state index contributed by atoms with van der Waals surface area (Å²) in [6, 6.07) is 3.18. The third-order valence-electron chi connectivity index (χ3n) is 3.92. The fourth-order valence-electron chi connectivity index (χ4n) is 2.57. The van der Waals surface area contributed by atoms with Gasteiger partial charge in [-0.15, -0.1) is 0 Å². The summed E-state index contributed by atoms with van der Waals surface area (Å²) in [7, 11) is 0. The molecule has 1 saturated heterocycles. The first kappa shape index (κ1) is 14.9. The fraction of sp³-hybridized carbons (Fsp3) is 0.533. The highest BCUT2D eigenvalue weighted by atomic mass is 19.1. The van der Waals surface area contributed by atoms with Crippen LogP contribution in [-0.2, 0) is 4.79 Å². The van der Waals surface area contributed by atoms with Gasteiger partial charge in [0.25, 0.3) is 0 Å². The van der Waals surface area contributed by atoms with Crippen LogP contribution in [0.4, 0.5) is 8.78 Å². The highest BCUT2D eigenvalue weighted by Crippen LogP contribution is 2.31. The van der Waals surface area contributed by atoms with Crippen molar-refractivity contribution in [2.75, 3.05) is 0 Å². The molecule has 0 radical (unpaired) electrons. The second-order valence-electron chi connectivity index (χ2n) is 5.20. The van der Waals surface area contributed by atoms with E-state index in [1.54, 1.807) is 4.90 Å². The summed E-state index contributed by atoms with van der Waals surface area (Å²) in [5.74, 6) is -1.26. The molecule has 0 aliphatic carbocycles. The Balaban J connectivity index is 2.39. The quantitative estimate of drug-likeness (QED) is 0.921. The van der Waals surface area contributed by atoms with Gasteiger partial charge in [0.1, 0.15) is 17.8 Å². The van der Waals surface area contributed by atoms with Gasteiger partial charge in [-0.1, -0.05) is 13.8 Å². The first-order valence-corrected chi connectivity index (χ1v) is 7.02. The third kappa shape index (κ3) is 2.54. The molecule has 3 unspecified atom stereocenters. The molecule has 20 heavy (non-hydrogen) atoms. The number of nitrogens with one attached hydrogen (secondary N) is 1. The molecule has 0 spiro atoms. The third-order valence-corrected chi connectivity index (χ3v) is 3.92. The monoisotopic (exact) mass is 282 g/mol. The first-order valence-electron chi connectivity index (χ1n) is 7.02. The lowest BCUT2D eigenvalue weighted by Crippen LogP contribution is -2.38. The van der Waals surface area contributed by atoms with Crippen LogP contribution in [0.3, 0.4) is 0 Å². The minimum atomic E-state index is -0.625. The Morgan fingerprint density at radius 2 is 2.05 bits per heavy atom. The van der Waals surface area contributed by atoms with Gasteiger partial charge in [0.2, 0.25) is 5.91 Å². The molecular formula is C15H20F2N2O. The number of carbonyl (C=O) groups excluding carboxylic acids is 1. The van der Waals surface area contributed by atoms with Gasteiger partial charge in [0.15, 0.2) is 0 Å². The van der Waals surface area contributed by atoms with E-state index in [-0.39, 0.29) is 18.0 Å². The van der Waals surface area contributed by atoms with Gasteiger partial charge in [-0.3, -0.25) is 10.1 Å². The van der Waals surface area contributed by atoms with Crippen molar-refractivity contribution in [1.82, 2.24) is 10.2 Å². The zero-order valence-electron chi connectivity index (χ0n) is 12.0. The van der Waals surface area contributed by atoms with Gasteiger partial charge >= 0.3 is 0 Å². The molecule has 3 nitrogen and oxygen atoms in total. The standard InChI is InChI=1S/C15H20F2N2O/c1-4-9(3)19-14(18-13(5-2)15(19)20)11-7-6-10(16)8-12(11)17/h6-9,13-14,18H,4-5H2,1-3H3. The molecule has 1 aliphatic heterocycles. The van der Waals surface area contributed by atoms with E-state index in [2.05, 4.69) is 5.32 Å². The van der Waals surface area contributed by atoms with Gasteiger partial charge in [0, 0.05) is 17.7 Å². The van der Waals surface area contributed by atoms with Crippen molar-refractivity contribution < 1.29 is 13.6 Å². The van der Waals surface area contributed by atoms with Gasteiger partial charge in [-0.2, -0.15) is 0 Å². The van der Waals surface area contributed by atoms with E-state index in [1.807, 2.05) is 20.8 Å². The average Bonchev–Trinajstić information content (AvgIpc) is 2.74. The summed E-state index contributed by atoms with van der Waals surface area (Å²) in [5.41, 5.74) is 0.316. The SMILES string of the molecule is CCC1NC(c2ccc(F)cc2F)N(C(C)CC)C1=O. The maximum absolute atomic E-state index is 14.0. The van der Waals surface area contributed by atoms with Crippen LogP contribution in [0.5, 0.6) is 0 Å². The molecule has 1 aliphatic rings. The summed E-state index contributed by atoms with van der Waals surface area (Å²) in [6.45, 7) is 5.83. The minimum Gasteiger partial charge on any atom is -0.319 e. The van der Waals surface area contributed by atoms with Crippen LogP contribution in [0.2, 0.25) is 0 Å². The topological polar surface area (TPSA) is 32.3 Å². The van der Waals surface area contributed by atoms with E-state index in [1.165, 1.54) is 12.1 Å². The number of benzene rings is 1. The van der Waals surface area contributed by atoms with Gasteiger partial charge in [-0.25, -0.2) is 8.78 Å². The molecule has 1 fully saturated rings. The second kappa shape index (κ2) is 5.87. The van der Waals surface area contributed by atoms with Crippen molar-refractivity contribution in [3.63, 3.8) is 0 Å². The van der Waals surface area contributed by atoms with Crippen LogP contribution in [0.1, 0.15) is 45.3 Å². The van der Waals surface area contributed by atoms with E-state index in [0.29, 0.717) is 12.0 Å². The van der Waals surface area contributed by atoms with Crippen LogP contribution >= 0.6 is 0 Å². The normalized spacial score (nSPS) is 24.2. The summed E-state index contributed by atoms with van der Waals surface area (Å²) in [4.78, 5) is 14.0. The molecule has 1 amide bonds. The van der Waals surface area contributed by atoms with Crippen LogP contribution in [0, 0.1) is 11.6 Å². The van der Waals surface area contributed by atoms with Crippen molar-refractivity contribution in [3.05, 3.63) is 35.4 Å². The zero-order valence-corrected chi connectivity index (χ0v) is 12.0. The Hall–Kier alpha value is -1.49. The molecule has 1 aromatic rings. The van der Waals surface area contributed by atoms with Crippen LogP contribution in [0.15, 0.2) is 18.2 Å². The number of halogens is 2. The molecule has 2 rings (SSSR count). The second-order valence-corrected chi connectivity index (χ2v) is 5.20. The van der Waals surface area contributed by atoms with Crippen molar-refractivity contribution in [2.24, 2.45) is 0 Å². The lowest BCUT2D eigenvalue weighted by atomic mass is 10.1. The fourth-order valence-corrected chi connectivity index (χ4v) is 2.57. The highest BCUT2D eigenvalue weighted by molar-refractivity contribution is 5.84. The van der Waals surface area contributed by atoms with Crippen molar-refractivity contribution in [2.45, 2.75) is 51.9 Å². The summed E-state index contributed by atoms with van der Waals surface area (Å²) < 4.78 is 27.0. The van der Waals surface area contributed by atoms with Crippen LogP contribution in [0.25, 0.3) is 0 Å². The van der Waals surface area contributed by atoms with Crippen molar-refractivity contribution in [3.8, 4) is 0 Å². The molecular weight excluding hydrogens is 262 g/mol.